The highest BCUT2D eigenvalue weighted by Gasteiger charge is 2.21. The van der Waals surface area contributed by atoms with Crippen molar-refractivity contribution in [2.75, 3.05) is 17.2 Å². The van der Waals surface area contributed by atoms with Crippen molar-refractivity contribution < 1.29 is 14.3 Å². The minimum atomic E-state index is -0.499. The van der Waals surface area contributed by atoms with Gasteiger partial charge in [0.15, 0.2) is 5.11 Å². The van der Waals surface area contributed by atoms with E-state index in [0.29, 0.717) is 29.3 Å². The number of anilines is 2. The smallest absolute Gasteiger partial charge is 0.257 e. The number of benzene rings is 2. The van der Waals surface area contributed by atoms with E-state index in [4.69, 9.17) is 17.0 Å². The Kier molecular flexibility index (Phi) is 8.35. The molecule has 0 saturated heterocycles. The molecular weight excluding hydrogens is 398 g/mol. The van der Waals surface area contributed by atoms with Crippen LogP contribution in [0.3, 0.4) is 0 Å². The SMILES string of the molecule is CCCCOc1cccc(C(=O)NC(=S)Nc2cccc(NC(=O)C(C)(C)C)c2)c1. The van der Waals surface area contributed by atoms with Gasteiger partial charge in [-0.1, -0.05) is 46.2 Å². The highest BCUT2D eigenvalue weighted by molar-refractivity contribution is 7.80. The monoisotopic (exact) mass is 427 g/mol. The lowest BCUT2D eigenvalue weighted by Crippen LogP contribution is -2.34. The van der Waals surface area contributed by atoms with Crippen molar-refractivity contribution in [3.63, 3.8) is 0 Å². The fourth-order valence-electron chi connectivity index (χ4n) is 2.39. The number of rotatable bonds is 7. The van der Waals surface area contributed by atoms with E-state index in [1.54, 1.807) is 42.5 Å². The number of nitrogens with one attached hydrogen (secondary N) is 3. The van der Waals surface area contributed by atoms with Crippen LogP contribution in [0.15, 0.2) is 48.5 Å². The van der Waals surface area contributed by atoms with Gasteiger partial charge in [-0.05, 0) is 55.0 Å². The Morgan fingerprint density at radius 3 is 2.33 bits per heavy atom. The molecule has 0 radical (unpaired) electrons. The van der Waals surface area contributed by atoms with Crippen molar-refractivity contribution >= 4 is 40.5 Å². The maximum absolute atomic E-state index is 12.5. The summed E-state index contributed by atoms with van der Waals surface area (Å²) < 4.78 is 5.64. The predicted molar refractivity (Wildman–Crippen MR) is 125 cm³/mol. The minimum Gasteiger partial charge on any atom is -0.494 e. The summed E-state index contributed by atoms with van der Waals surface area (Å²) in [7, 11) is 0. The van der Waals surface area contributed by atoms with Crippen molar-refractivity contribution in [3.8, 4) is 5.75 Å². The fraction of sp³-hybridized carbons (Fsp3) is 0.348. The van der Waals surface area contributed by atoms with Crippen LogP contribution in [0.2, 0.25) is 0 Å². The van der Waals surface area contributed by atoms with E-state index in [9.17, 15) is 9.59 Å². The predicted octanol–water partition coefficient (Wildman–Crippen LogP) is 4.98. The van der Waals surface area contributed by atoms with Crippen LogP contribution < -0.4 is 20.7 Å². The quantitative estimate of drug-likeness (QED) is 0.429. The summed E-state index contributed by atoms with van der Waals surface area (Å²) in [6.45, 7) is 8.25. The topological polar surface area (TPSA) is 79.5 Å². The molecule has 6 nitrogen and oxygen atoms in total. The number of unbranched alkanes of at least 4 members (excludes halogenated alkanes) is 1. The van der Waals surface area contributed by atoms with E-state index in [-0.39, 0.29) is 16.9 Å². The number of ether oxygens (including phenoxy) is 1. The molecule has 0 aliphatic carbocycles. The second kappa shape index (κ2) is 10.7. The van der Waals surface area contributed by atoms with Crippen molar-refractivity contribution in [1.82, 2.24) is 5.32 Å². The molecule has 3 N–H and O–H groups in total. The zero-order chi connectivity index (χ0) is 22.1. The number of carbonyl (C=O) groups excluding carboxylic acids is 2. The molecule has 2 aromatic carbocycles. The van der Waals surface area contributed by atoms with E-state index in [2.05, 4.69) is 22.9 Å². The van der Waals surface area contributed by atoms with E-state index < -0.39 is 5.41 Å². The van der Waals surface area contributed by atoms with Gasteiger partial charge in [0.25, 0.3) is 5.91 Å². The number of hydrogen-bond donors (Lipinski definition) is 3. The van der Waals surface area contributed by atoms with Crippen LogP contribution in [-0.2, 0) is 4.79 Å². The van der Waals surface area contributed by atoms with Gasteiger partial charge in [0, 0.05) is 22.4 Å². The Bertz CT molecular complexity index is 907. The number of amides is 2. The Morgan fingerprint density at radius 2 is 1.67 bits per heavy atom. The summed E-state index contributed by atoms with van der Waals surface area (Å²) in [5, 5.41) is 8.66. The third kappa shape index (κ3) is 7.48. The molecule has 0 atom stereocenters. The van der Waals surface area contributed by atoms with Gasteiger partial charge >= 0.3 is 0 Å². The molecule has 0 heterocycles. The van der Waals surface area contributed by atoms with Crippen LogP contribution in [0.4, 0.5) is 11.4 Å². The molecular formula is C23H29N3O3S. The summed E-state index contributed by atoms with van der Waals surface area (Å²) in [6, 6.07) is 14.1. The summed E-state index contributed by atoms with van der Waals surface area (Å²) in [5.74, 6) is 0.236. The van der Waals surface area contributed by atoms with E-state index in [1.165, 1.54) is 0 Å². The number of carbonyl (C=O) groups is 2. The molecule has 2 rings (SSSR count). The summed E-state index contributed by atoms with van der Waals surface area (Å²) in [5.41, 5.74) is 1.26. The number of hydrogen-bond acceptors (Lipinski definition) is 4. The van der Waals surface area contributed by atoms with Crippen molar-refractivity contribution in [2.45, 2.75) is 40.5 Å². The van der Waals surface area contributed by atoms with Crippen LogP contribution in [0.25, 0.3) is 0 Å². The van der Waals surface area contributed by atoms with Gasteiger partial charge in [0.2, 0.25) is 5.91 Å². The largest absolute Gasteiger partial charge is 0.494 e. The standard InChI is InChI=1S/C23H29N3O3S/c1-5-6-13-29-19-12-7-9-16(14-19)20(27)26-22(30)25-18-11-8-10-17(15-18)24-21(28)23(2,3)4/h7-12,14-15H,5-6,13H2,1-4H3,(H,24,28)(H2,25,26,27,30). The summed E-state index contributed by atoms with van der Waals surface area (Å²) >= 11 is 5.26. The molecule has 30 heavy (non-hydrogen) atoms. The van der Waals surface area contributed by atoms with Crippen LogP contribution in [-0.4, -0.2) is 23.5 Å². The third-order valence-corrected chi connectivity index (χ3v) is 4.35. The maximum Gasteiger partial charge on any atom is 0.257 e. The molecule has 7 heteroatoms. The van der Waals surface area contributed by atoms with E-state index in [1.807, 2.05) is 26.8 Å². The number of thiocarbonyl (C=S) groups is 1. The van der Waals surface area contributed by atoms with Gasteiger partial charge in [-0.25, -0.2) is 0 Å². The van der Waals surface area contributed by atoms with E-state index >= 15 is 0 Å². The first-order chi connectivity index (χ1) is 14.2. The van der Waals surface area contributed by atoms with Crippen molar-refractivity contribution in [3.05, 3.63) is 54.1 Å². The lowest BCUT2D eigenvalue weighted by molar-refractivity contribution is -0.123. The first kappa shape index (κ1) is 23.3. The van der Waals surface area contributed by atoms with Crippen molar-refractivity contribution in [1.29, 1.82) is 0 Å². The van der Waals surface area contributed by atoms with Crippen LogP contribution in [0, 0.1) is 5.41 Å². The van der Waals surface area contributed by atoms with Crippen LogP contribution in [0.5, 0.6) is 5.75 Å². The molecule has 0 spiro atoms. The molecule has 2 amide bonds. The maximum atomic E-state index is 12.5. The minimum absolute atomic E-state index is 0.0865. The zero-order valence-electron chi connectivity index (χ0n) is 17.9. The Morgan fingerprint density at radius 1 is 1.00 bits per heavy atom. The Balaban J connectivity index is 1.96. The molecule has 0 unspecified atom stereocenters. The summed E-state index contributed by atoms with van der Waals surface area (Å²) in [4.78, 5) is 24.7. The van der Waals surface area contributed by atoms with Crippen LogP contribution in [0.1, 0.15) is 50.9 Å². The molecule has 0 aliphatic rings. The molecule has 2 aromatic rings. The average Bonchev–Trinajstić information content (AvgIpc) is 2.68. The normalized spacial score (nSPS) is 10.8. The van der Waals surface area contributed by atoms with Gasteiger partial charge in [-0.3, -0.25) is 14.9 Å². The Hall–Kier alpha value is -2.93. The second-order valence-electron chi connectivity index (χ2n) is 7.92. The first-order valence-electron chi connectivity index (χ1n) is 9.96. The zero-order valence-corrected chi connectivity index (χ0v) is 18.7. The van der Waals surface area contributed by atoms with Gasteiger partial charge in [-0.15, -0.1) is 0 Å². The molecule has 0 aliphatic heterocycles. The Labute approximate surface area is 183 Å². The fourth-order valence-corrected chi connectivity index (χ4v) is 2.60. The highest BCUT2D eigenvalue weighted by Crippen LogP contribution is 2.20. The second-order valence-corrected chi connectivity index (χ2v) is 8.33. The molecule has 160 valence electrons. The lowest BCUT2D eigenvalue weighted by atomic mass is 9.95. The van der Waals surface area contributed by atoms with Gasteiger partial charge in [-0.2, -0.15) is 0 Å². The molecule has 0 aromatic heterocycles. The summed E-state index contributed by atoms with van der Waals surface area (Å²) in [6.07, 6.45) is 2.00. The molecule has 0 fully saturated rings. The average molecular weight is 428 g/mol. The van der Waals surface area contributed by atoms with E-state index in [0.717, 1.165) is 12.8 Å². The molecule has 0 bridgehead atoms. The third-order valence-electron chi connectivity index (χ3n) is 4.15. The lowest BCUT2D eigenvalue weighted by Gasteiger charge is -2.18. The highest BCUT2D eigenvalue weighted by atomic mass is 32.1. The van der Waals surface area contributed by atoms with Crippen molar-refractivity contribution in [2.24, 2.45) is 5.41 Å². The van der Waals surface area contributed by atoms with Gasteiger partial charge < -0.3 is 15.4 Å². The molecule has 0 saturated carbocycles. The van der Waals surface area contributed by atoms with Crippen LogP contribution >= 0.6 is 12.2 Å². The van der Waals surface area contributed by atoms with Gasteiger partial charge in [0.1, 0.15) is 5.75 Å². The first-order valence-corrected chi connectivity index (χ1v) is 10.4. The van der Waals surface area contributed by atoms with Gasteiger partial charge in [0.05, 0.1) is 6.61 Å².